The second-order valence-corrected chi connectivity index (χ2v) is 22.0. The van der Waals surface area contributed by atoms with Crippen molar-refractivity contribution in [3.8, 4) is 0 Å². The minimum atomic E-state index is -0.0182. The van der Waals surface area contributed by atoms with Crippen LogP contribution in [0.4, 0.5) is 0 Å². The van der Waals surface area contributed by atoms with E-state index in [1.807, 2.05) is 66.0 Å². The van der Waals surface area contributed by atoms with Crippen LogP contribution in [0.25, 0.3) is 0 Å². The van der Waals surface area contributed by atoms with Crippen molar-refractivity contribution >= 4 is 130 Å². The average molecular weight is 938 g/mol. The quantitative estimate of drug-likeness (QED) is 0.0114. The molecule has 0 aromatic carbocycles. The van der Waals surface area contributed by atoms with Gasteiger partial charge in [-0.05, 0) is 37.9 Å². The van der Waals surface area contributed by atoms with Crippen molar-refractivity contribution in [1.29, 1.82) is 0 Å². The molecule has 0 heterocycles. The highest BCUT2D eigenvalue weighted by molar-refractivity contribution is 8.77. The summed E-state index contributed by atoms with van der Waals surface area (Å²) >= 11 is 8.00. The van der Waals surface area contributed by atoms with Gasteiger partial charge in [0.05, 0.1) is 47.0 Å². The van der Waals surface area contributed by atoms with E-state index in [-0.39, 0.29) is 19.5 Å². The lowest BCUT2D eigenvalue weighted by Gasteiger charge is -2.35. The van der Waals surface area contributed by atoms with E-state index in [4.69, 9.17) is 46.6 Å². The van der Waals surface area contributed by atoms with E-state index in [0.717, 1.165) is 131 Å². The fourth-order valence-corrected chi connectivity index (χ4v) is 12.5. The summed E-state index contributed by atoms with van der Waals surface area (Å²) in [6.07, 6.45) is 11.1. The molecule has 17 N–H and O–H groups in total. The van der Waals surface area contributed by atoms with Gasteiger partial charge < -0.3 is 26.8 Å². The van der Waals surface area contributed by atoms with Crippen LogP contribution in [-0.2, 0) is 4.74 Å². The smallest absolute Gasteiger partial charge is 0.333 e. The van der Waals surface area contributed by atoms with Crippen molar-refractivity contribution < 1.29 is 39.1 Å². The Kier molecular flexibility index (Phi) is 51.7. The Morgan fingerprint density at radius 2 is 1.20 bits per heavy atom. The second-order valence-electron chi connectivity index (χ2n) is 11.6. The number of hydrogen-bond donors (Lipinski definition) is 9. The molecule has 0 aliphatic heterocycles. The molecular formula is C33H80BN8O3PS8+4. The lowest BCUT2D eigenvalue weighted by atomic mass is 9.87. The number of aliphatic hydroxyl groups is 1. The summed E-state index contributed by atoms with van der Waals surface area (Å²) in [7, 11) is 15.1. The lowest BCUT2D eigenvalue weighted by Crippen LogP contribution is -2.76. The topological polar surface area (TPSA) is 244 Å². The van der Waals surface area contributed by atoms with Crippen LogP contribution in [-0.4, -0.2) is 149 Å². The molecule has 0 aromatic rings. The van der Waals surface area contributed by atoms with Gasteiger partial charge in [-0.3, -0.25) is 26.9 Å². The minimum absolute atomic E-state index is 0. The Labute approximate surface area is 369 Å². The molecule has 2 fully saturated rings. The SMILES string of the molecule is C.COC(=[NH2+])CCSSCCC(=[NH2+])CO.CSCC[NH+]=C(N)CCSSCCC(N)=[NH+]CCSC1CCC1C.NCCSC1CCC1SCCN.O.[2H][3H].[B]P. The zero-order valence-electron chi connectivity index (χ0n) is 34.4. The Bertz CT molecular complexity index is 908. The summed E-state index contributed by atoms with van der Waals surface area (Å²) in [6, 6.07) is 0. The highest BCUT2D eigenvalue weighted by Crippen LogP contribution is 2.39. The number of nitrogens with two attached hydrogens (primary N) is 6. The van der Waals surface area contributed by atoms with Gasteiger partial charge in [-0.15, -0.1) is 0 Å². The molecule has 0 bridgehead atoms. The third kappa shape index (κ3) is 38.7. The first-order valence-corrected chi connectivity index (χ1v) is 28.0. The molecule has 21 heteroatoms. The summed E-state index contributed by atoms with van der Waals surface area (Å²) in [4.78, 5) is 6.61. The van der Waals surface area contributed by atoms with Crippen molar-refractivity contribution in [2.24, 2.45) is 28.9 Å². The van der Waals surface area contributed by atoms with Crippen molar-refractivity contribution in [3.63, 3.8) is 0 Å². The molecule has 0 aromatic heterocycles. The summed E-state index contributed by atoms with van der Waals surface area (Å²) in [6.45, 7) is 5.92. The van der Waals surface area contributed by atoms with Gasteiger partial charge in [-0.2, -0.15) is 56.2 Å². The fourth-order valence-electron chi connectivity index (χ4n) is 4.09. The Morgan fingerprint density at radius 3 is 1.57 bits per heavy atom. The van der Waals surface area contributed by atoms with Crippen LogP contribution >= 0.6 is 99.3 Å². The molecule has 0 spiro atoms. The number of rotatable bonds is 28. The maximum absolute atomic E-state index is 8.63. The standard InChI is InChI=1S/C16H32N4S4.C8H16N2O2S2.C8H18N2S2.CH4.BH2P.H2O.H2/c1-13-3-4-14(13)22-12-8-20-16(18)6-10-24-23-9-5-15(17)19-7-11-21-2;1-12-8(10)3-5-14-13-4-2-7(9)6-11;9-3-5-11-7-1-2-8(7)12-6-4-10;;1-2;;/h13-14H,3-12H2,1-2H3,(H2,17,19)(H2,18,20);9-11H,2-6H2,1H3;7-8H,1-6,9-10H2;1H4;2H2;1H2;1H/p+4/i;;;;;;1+2D. The molecule has 322 valence electrons. The molecule has 2 aliphatic rings. The molecule has 5 unspecified atom stereocenters. The van der Waals surface area contributed by atoms with Crippen LogP contribution < -0.4 is 43.7 Å². The molecule has 2 aliphatic carbocycles. The molecule has 2 radical (unpaired) electrons. The number of hydrogen-bond acceptors (Lipinski definition) is 12. The van der Waals surface area contributed by atoms with E-state index >= 15 is 0 Å². The van der Waals surface area contributed by atoms with Crippen LogP contribution in [0.1, 0.15) is 68.7 Å². The molecule has 54 heavy (non-hydrogen) atoms. The Morgan fingerprint density at radius 1 is 0.778 bits per heavy atom. The molecule has 11 nitrogen and oxygen atoms in total. The fraction of sp³-hybridized carbons (Fsp3) is 0.879. The van der Waals surface area contributed by atoms with Gasteiger partial charge in [0.1, 0.15) is 6.61 Å². The van der Waals surface area contributed by atoms with Crippen LogP contribution in [0.2, 0.25) is 0 Å². The van der Waals surface area contributed by atoms with Gasteiger partial charge >= 0.3 is 5.90 Å². The molecule has 2 rings (SSSR count). The van der Waals surface area contributed by atoms with E-state index in [1.165, 1.54) is 25.7 Å². The van der Waals surface area contributed by atoms with E-state index in [1.54, 1.807) is 28.7 Å². The van der Waals surface area contributed by atoms with Gasteiger partial charge in [0.25, 0.3) is 0 Å². The van der Waals surface area contributed by atoms with Gasteiger partial charge in [-0.1, -0.05) is 57.5 Å². The highest BCUT2D eigenvalue weighted by atomic mass is 33.1. The highest BCUT2D eigenvalue weighted by Gasteiger charge is 2.30. The number of nitrogens with one attached hydrogen (secondary N) is 2. The summed E-state index contributed by atoms with van der Waals surface area (Å²) in [5, 5.41) is 22.2. The maximum atomic E-state index is 8.63. The Balaban J connectivity index is -0.000000233. The molecule has 5 atom stereocenters. The van der Waals surface area contributed by atoms with E-state index in [2.05, 4.69) is 42.5 Å². The zero-order chi connectivity index (χ0) is 41.2. The summed E-state index contributed by atoms with van der Waals surface area (Å²) < 4.78 is 14.8. The molecular weight excluding hydrogens is 855 g/mol. The third-order valence-electron chi connectivity index (χ3n) is 7.52. The van der Waals surface area contributed by atoms with Crippen LogP contribution in [0.3, 0.4) is 0 Å². The van der Waals surface area contributed by atoms with E-state index in [9.17, 15) is 0 Å². The molecule has 0 amide bonds. The van der Waals surface area contributed by atoms with Gasteiger partial charge in [0.2, 0.25) is 11.7 Å². The monoisotopic (exact) mass is 937 g/mol. The van der Waals surface area contributed by atoms with Crippen molar-refractivity contribution in [3.05, 3.63) is 0 Å². The predicted octanol–water partition coefficient (Wildman–Crippen LogP) is -1.03. The Hall–Kier alpha value is 1.21. The number of amidine groups is 2. The average Bonchev–Trinajstić information content (AvgIpc) is 3.18. The summed E-state index contributed by atoms with van der Waals surface area (Å²) in [5.74, 6) is 11.8. The van der Waals surface area contributed by atoms with Crippen LogP contribution in [0, 0.1) is 5.92 Å². The minimum Gasteiger partial charge on any atom is -0.451 e. The van der Waals surface area contributed by atoms with Crippen LogP contribution in [0.15, 0.2) is 0 Å². The third-order valence-corrected chi connectivity index (χ3v) is 17.6. The first kappa shape index (κ1) is 59.5. The largest absolute Gasteiger partial charge is 0.451 e. The molecule has 2 saturated carbocycles. The zero-order valence-corrected chi connectivity index (χ0v) is 40.1. The predicted molar refractivity (Wildman–Crippen MR) is 267 cm³/mol. The van der Waals surface area contributed by atoms with E-state index < -0.39 is 0 Å². The van der Waals surface area contributed by atoms with Crippen molar-refractivity contribution in [2.75, 3.05) is 92.2 Å². The summed E-state index contributed by atoms with van der Waals surface area (Å²) in [5.41, 5.74) is 23.5. The number of ether oxygens (including phenoxy) is 1. The molecule has 0 saturated heterocycles. The first-order valence-electron chi connectivity index (χ1n) is 18.8. The maximum Gasteiger partial charge on any atom is 0.333 e. The van der Waals surface area contributed by atoms with Gasteiger partial charge in [0.15, 0.2) is 5.71 Å². The number of thioether (sulfide) groups is 4. The number of methoxy groups -OCH3 is 1. The lowest BCUT2D eigenvalue weighted by molar-refractivity contribution is -0.453. The first-order chi connectivity index (χ1) is 26.2. The number of aliphatic hydroxyl groups excluding tert-OH is 1. The van der Waals surface area contributed by atoms with Gasteiger partial charge in [0, 0.05) is 84.3 Å². The van der Waals surface area contributed by atoms with Crippen LogP contribution in [0.5, 0.6) is 0 Å². The van der Waals surface area contributed by atoms with Crippen molar-refractivity contribution in [1.82, 2.24) is 0 Å². The van der Waals surface area contributed by atoms with Gasteiger partial charge in [-0.25, -0.2) is 5.41 Å². The van der Waals surface area contributed by atoms with Crippen molar-refractivity contribution in [2.45, 2.75) is 81.5 Å². The normalized spacial score (nSPS) is 18.8. The van der Waals surface area contributed by atoms with E-state index in [0.29, 0.717) is 11.6 Å². The second kappa shape index (κ2) is 46.9.